The van der Waals surface area contributed by atoms with Gasteiger partial charge in [0.05, 0.1) is 11.9 Å². The number of halogens is 1. The average molecular weight is 584 g/mol. The number of carbonyl (C=O) groups excluding carboxylic acids is 2. The number of hydrogen-bond donors (Lipinski definition) is 1. The monoisotopic (exact) mass is 583 g/mol. The van der Waals surface area contributed by atoms with E-state index in [9.17, 15) is 18.0 Å². The van der Waals surface area contributed by atoms with E-state index >= 15 is 0 Å². The van der Waals surface area contributed by atoms with Crippen LogP contribution in [-0.2, 0) is 32.6 Å². The summed E-state index contributed by atoms with van der Waals surface area (Å²) >= 11 is 6.49. The van der Waals surface area contributed by atoms with Gasteiger partial charge in [0.25, 0.3) is 0 Å². The van der Waals surface area contributed by atoms with Gasteiger partial charge in [0, 0.05) is 24.5 Å². The van der Waals surface area contributed by atoms with E-state index < -0.39 is 28.5 Å². The summed E-state index contributed by atoms with van der Waals surface area (Å²) in [5, 5.41) is 3.39. The van der Waals surface area contributed by atoms with E-state index in [1.165, 1.54) is 4.90 Å². The van der Waals surface area contributed by atoms with Crippen LogP contribution in [0.3, 0.4) is 0 Å². The van der Waals surface area contributed by atoms with Crippen molar-refractivity contribution in [3.63, 3.8) is 0 Å². The number of hydrogen-bond acceptors (Lipinski definition) is 4. The van der Waals surface area contributed by atoms with Gasteiger partial charge in [-0.05, 0) is 41.2 Å². The molecule has 0 aliphatic carbocycles. The summed E-state index contributed by atoms with van der Waals surface area (Å²) in [7, 11) is -3.84. The summed E-state index contributed by atoms with van der Waals surface area (Å²) in [5.74, 6) is -0.781. The molecule has 3 aromatic carbocycles. The summed E-state index contributed by atoms with van der Waals surface area (Å²) < 4.78 is 27.3. The standard InChI is InChI=1S/C31H38ClN3O4S/c1-5-19-33-31(37)29(20-24-13-7-6-8-14-24)34(21-25-15-9-11-17-27(25)32)30(36)22-35(40(4,38)39)28-18-12-10-16-26(28)23(2)3/h6-18,23,29H,5,19-22H2,1-4H3,(H,33,37). The first-order valence-electron chi connectivity index (χ1n) is 13.4. The second-order valence-corrected chi connectivity index (χ2v) is 12.4. The molecule has 2 amide bonds. The number of nitrogens with one attached hydrogen (secondary N) is 1. The maximum atomic E-state index is 14.2. The van der Waals surface area contributed by atoms with Gasteiger partial charge in [0.1, 0.15) is 12.6 Å². The zero-order valence-electron chi connectivity index (χ0n) is 23.5. The molecule has 1 N–H and O–H groups in total. The van der Waals surface area contributed by atoms with Crippen LogP contribution in [0.25, 0.3) is 0 Å². The van der Waals surface area contributed by atoms with Crippen molar-refractivity contribution in [2.24, 2.45) is 0 Å². The second-order valence-electron chi connectivity index (χ2n) is 10.1. The van der Waals surface area contributed by atoms with Gasteiger partial charge in [0.15, 0.2) is 0 Å². The van der Waals surface area contributed by atoms with Crippen LogP contribution < -0.4 is 9.62 Å². The fourth-order valence-corrected chi connectivity index (χ4v) is 5.59. The van der Waals surface area contributed by atoms with Crippen LogP contribution in [-0.4, -0.2) is 50.5 Å². The Bertz CT molecular complexity index is 1400. The van der Waals surface area contributed by atoms with E-state index in [4.69, 9.17) is 11.6 Å². The summed E-state index contributed by atoms with van der Waals surface area (Å²) in [6.07, 6.45) is 2.08. The van der Waals surface area contributed by atoms with Gasteiger partial charge in [-0.3, -0.25) is 13.9 Å². The van der Waals surface area contributed by atoms with Crippen LogP contribution >= 0.6 is 11.6 Å². The molecular weight excluding hydrogens is 546 g/mol. The second kappa shape index (κ2) is 14.3. The summed E-state index contributed by atoms with van der Waals surface area (Å²) in [6, 6.07) is 22.9. The molecule has 40 heavy (non-hydrogen) atoms. The van der Waals surface area contributed by atoms with Gasteiger partial charge in [-0.25, -0.2) is 8.42 Å². The Morgan fingerprint density at radius 1 is 0.925 bits per heavy atom. The van der Waals surface area contributed by atoms with Crippen LogP contribution in [0.5, 0.6) is 0 Å². The predicted molar refractivity (Wildman–Crippen MR) is 162 cm³/mol. The minimum absolute atomic E-state index is 0.0282. The van der Waals surface area contributed by atoms with Crippen LogP contribution in [0.2, 0.25) is 5.02 Å². The van der Waals surface area contributed by atoms with Crippen molar-refractivity contribution >= 4 is 39.1 Å². The Morgan fingerprint density at radius 2 is 1.55 bits per heavy atom. The van der Waals surface area contributed by atoms with Crippen molar-refractivity contribution in [3.05, 3.63) is 101 Å². The normalized spacial score (nSPS) is 12.2. The van der Waals surface area contributed by atoms with E-state index in [-0.39, 0.29) is 24.8 Å². The number of amides is 2. The molecular formula is C31H38ClN3O4S. The fraction of sp³-hybridized carbons (Fsp3) is 0.355. The lowest BCUT2D eigenvalue weighted by molar-refractivity contribution is -0.140. The van der Waals surface area contributed by atoms with Crippen molar-refractivity contribution in [3.8, 4) is 0 Å². The third kappa shape index (κ3) is 8.32. The first-order valence-corrected chi connectivity index (χ1v) is 15.7. The minimum atomic E-state index is -3.84. The molecule has 214 valence electrons. The maximum Gasteiger partial charge on any atom is 0.244 e. The molecule has 0 heterocycles. The summed E-state index contributed by atoms with van der Waals surface area (Å²) in [5.41, 5.74) is 2.79. The van der Waals surface area contributed by atoms with Crippen LogP contribution in [0.15, 0.2) is 78.9 Å². The molecule has 0 aromatic heterocycles. The molecule has 0 fully saturated rings. The molecule has 0 bridgehead atoms. The minimum Gasteiger partial charge on any atom is -0.354 e. The van der Waals surface area contributed by atoms with Crippen molar-refractivity contribution in [2.45, 2.75) is 52.1 Å². The SMILES string of the molecule is CCCNC(=O)C(Cc1ccccc1)N(Cc1ccccc1Cl)C(=O)CN(c1ccccc1C(C)C)S(C)(=O)=O. The molecule has 3 aromatic rings. The lowest BCUT2D eigenvalue weighted by Gasteiger charge is -2.34. The predicted octanol–water partition coefficient (Wildman–Crippen LogP) is 5.40. The summed E-state index contributed by atoms with van der Waals surface area (Å²) in [6.45, 7) is 5.93. The number of sulfonamides is 1. The molecule has 0 saturated heterocycles. The van der Waals surface area contributed by atoms with Crippen LogP contribution in [0.1, 0.15) is 49.8 Å². The molecule has 1 atom stereocenters. The zero-order valence-corrected chi connectivity index (χ0v) is 25.1. The van der Waals surface area contributed by atoms with Crippen molar-refractivity contribution in [1.29, 1.82) is 0 Å². The number of para-hydroxylation sites is 1. The molecule has 0 aliphatic rings. The van der Waals surface area contributed by atoms with E-state index in [2.05, 4.69) is 5.32 Å². The molecule has 0 saturated carbocycles. The van der Waals surface area contributed by atoms with Crippen LogP contribution in [0.4, 0.5) is 5.69 Å². The Kier molecular flexibility index (Phi) is 11.2. The fourth-order valence-electron chi connectivity index (χ4n) is 4.53. The maximum absolute atomic E-state index is 14.2. The van der Waals surface area contributed by atoms with Gasteiger partial charge in [0.2, 0.25) is 21.8 Å². The molecule has 7 nitrogen and oxygen atoms in total. The third-order valence-electron chi connectivity index (χ3n) is 6.63. The molecule has 0 spiro atoms. The molecule has 0 aliphatic heterocycles. The third-order valence-corrected chi connectivity index (χ3v) is 8.12. The number of anilines is 1. The smallest absolute Gasteiger partial charge is 0.244 e. The van der Waals surface area contributed by atoms with Gasteiger partial charge < -0.3 is 10.2 Å². The topological polar surface area (TPSA) is 86.8 Å². The number of benzene rings is 3. The number of carbonyl (C=O) groups is 2. The quantitative estimate of drug-likeness (QED) is 0.292. The number of rotatable bonds is 13. The van der Waals surface area contributed by atoms with E-state index in [1.807, 2.05) is 69.3 Å². The Labute approximate surface area is 243 Å². The van der Waals surface area contributed by atoms with Crippen molar-refractivity contribution in [2.75, 3.05) is 23.7 Å². The Morgan fingerprint density at radius 3 is 2.17 bits per heavy atom. The highest BCUT2D eigenvalue weighted by atomic mass is 35.5. The summed E-state index contributed by atoms with van der Waals surface area (Å²) in [4.78, 5) is 29.2. The van der Waals surface area contributed by atoms with Gasteiger partial charge in [-0.2, -0.15) is 0 Å². The molecule has 0 radical (unpaired) electrons. The van der Waals surface area contributed by atoms with Crippen LogP contribution in [0, 0.1) is 0 Å². The molecule has 3 rings (SSSR count). The highest BCUT2D eigenvalue weighted by Crippen LogP contribution is 2.29. The number of nitrogens with zero attached hydrogens (tertiary/aromatic N) is 2. The molecule has 9 heteroatoms. The van der Waals surface area contributed by atoms with E-state index in [0.717, 1.165) is 28.1 Å². The Balaban J connectivity index is 2.09. The lowest BCUT2D eigenvalue weighted by atomic mass is 10.0. The van der Waals surface area contributed by atoms with Crippen molar-refractivity contribution in [1.82, 2.24) is 10.2 Å². The van der Waals surface area contributed by atoms with E-state index in [0.29, 0.717) is 22.8 Å². The lowest BCUT2D eigenvalue weighted by Crippen LogP contribution is -2.53. The first kappa shape index (κ1) is 31.2. The largest absolute Gasteiger partial charge is 0.354 e. The van der Waals surface area contributed by atoms with E-state index in [1.54, 1.807) is 30.3 Å². The van der Waals surface area contributed by atoms with Gasteiger partial charge in [-0.1, -0.05) is 99.1 Å². The zero-order chi connectivity index (χ0) is 29.3. The van der Waals surface area contributed by atoms with Crippen molar-refractivity contribution < 1.29 is 18.0 Å². The highest BCUT2D eigenvalue weighted by molar-refractivity contribution is 7.92. The van der Waals surface area contributed by atoms with Gasteiger partial charge >= 0.3 is 0 Å². The first-order chi connectivity index (χ1) is 19.0. The molecule has 1 unspecified atom stereocenters. The highest BCUT2D eigenvalue weighted by Gasteiger charge is 2.33. The van der Waals surface area contributed by atoms with Gasteiger partial charge in [-0.15, -0.1) is 0 Å². The average Bonchev–Trinajstić information content (AvgIpc) is 2.93. The Hall–Kier alpha value is -3.36.